The molecule has 1 aromatic rings. The van der Waals surface area contributed by atoms with Gasteiger partial charge in [0.25, 0.3) is 0 Å². The zero-order valence-corrected chi connectivity index (χ0v) is 16.5. The largest absolute Gasteiger partial charge is 0.493 e. The number of hydrogen-bond donors (Lipinski definition) is 2. The Morgan fingerprint density at radius 1 is 0.885 bits per heavy atom. The van der Waals surface area contributed by atoms with Gasteiger partial charge in [-0.2, -0.15) is 0 Å². The summed E-state index contributed by atoms with van der Waals surface area (Å²) < 4.78 is 16.6. The number of allylic oxidation sites excluding steroid dienone is 2. The van der Waals surface area contributed by atoms with Crippen molar-refractivity contribution in [1.82, 2.24) is 0 Å². The van der Waals surface area contributed by atoms with Gasteiger partial charge < -0.3 is 24.0 Å². The molecule has 1 atom stereocenters. The predicted octanol–water partition coefficient (Wildman–Crippen LogP) is 0.352. The number of piperazine rings is 1. The predicted molar refractivity (Wildman–Crippen MR) is 103 cm³/mol. The smallest absolute Gasteiger partial charge is 0.203 e. The van der Waals surface area contributed by atoms with Crippen LogP contribution in [0.3, 0.4) is 0 Å². The van der Waals surface area contributed by atoms with E-state index in [0.717, 1.165) is 24.0 Å². The molecular weight excluding hydrogens is 328 g/mol. The first-order valence-corrected chi connectivity index (χ1v) is 9.85. The second kappa shape index (κ2) is 9.28. The SMILES string of the molecule is COc1ccc(C[NH+]2CC[NH+](C[C@@H]3CC=CCC3)CC2)c(OC)c1OC. The van der Waals surface area contributed by atoms with Crippen molar-refractivity contribution >= 4 is 0 Å². The maximum absolute atomic E-state index is 5.64. The highest BCUT2D eigenvalue weighted by atomic mass is 16.5. The van der Waals surface area contributed by atoms with Gasteiger partial charge in [0.2, 0.25) is 5.75 Å². The summed E-state index contributed by atoms with van der Waals surface area (Å²) in [6, 6.07) is 4.09. The molecule has 1 aromatic carbocycles. The lowest BCUT2D eigenvalue weighted by atomic mass is 9.94. The highest BCUT2D eigenvalue weighted by Crippen LogP contribution is 2.39. The van der Waals surface area contributed by atoms with Crippen LogP contribution in [0.25, 0.3) is 0 Å². The van der Waals surface area contributed by atoms with E-state index in [1.807, 2.05) is 6.07 Å². The molecule has 0 radical (unpaired) electrons. The van der Waals surface area contributed by atoms with Gasteiger partial charge in [-0.25, -0.2) is 0 Å². The van der Waals surface area contributed by atoms with Crippen LogP contribution < -0.4 is 24.0 Å². The Morgan fingerprint density at radius 3 is 2.23 bits per heavy atom. The molecule has 0 amide bonds. The Bertz CT molecular complexity index is 610. The van der Waals surface area contributed by atoms with Crippen LogP contribution in [0, 0.1) is 5.92 Å². The molecule has 1 fully saturated rings. The van der Waals surface area contributed by atoms with Crippen molar-refractivity contribution in [1.29, 1.82) is 0 Å². The van der Waals surface area contributed by atoms with E-state index < -0.39 is 0 Å². The molecule has 2 N–H and O–H groups in total. The number of nitrogens with one attached hydrogen (secondary N) is 2. The third kappa shape index (κ3) is 4.51. The fourth-order valence-electron chi connectivity index (χ4n) is 4.36. The summed E-state index contributed by atoms with van der Waals surface area (Å²) in [5, 5.41) is 0. The summed E-state index contributed by atoms with van der Waals surface area (Å²) in [5.74, 6) is 3.12. The molecule has 1 heterocycles. The molecule has 26 heavy (non-hydrogen) atoms. The summed E-state index contributed by atoms with van der Waals surface area (Å²) >= 11 is 0. The minimum Gasteiger partial charge on any atom is -0.493 e. The number of methoxy groups -OCH3 is 3. The highest BCUT2D eigenvalue weighted by molar-refractivity contribution is 5.55. The summed E-state index contributed by atoms with van der Waals surface area (Å²) in [4.78, 5) is 3.41. The molecule has 3 rings (SSSR count). The van der Waals surface area contributed by atoms with E-state index >= 15 is 0 Å². The quantitative estimate of drug-likeness (QED) is 0.688. The van der Waals surface area contributed by atoms with E-state index in [1.165, 1.54) is 57.5 Å². The Balaban J connectivity index is 1.56. The first-order valence-electron chi connectivity index (χ1n) is 9.85. The molecule has 144 valence electrons. The van der Waals surface area contributed by atoms with Crippen LogP contribution in [0.5, 0.6) is 17.2 Å². The van der Waals surface area contributed by atoms with Gasteiger partial charge in [-0.3, -0.25) is 0 Å². The first-order chi connectivity index (χ1) is 12.7. The van der Waals surface area contributed by atoms with Crippen molar-refractivity contribution in [2.75, 3.05) is 54.1 Å². The van der Waals surface area contributed by atoms with Crippen LogP contribution in [0.15, 0.2) is 24.3 Å². The number of quaternary nitrogens is 2. The van der Waals surface area contributed by atoms with Crippen LogP contribution in [0.1, 0.15) is 24.8 Å². The summed E-state index contributed by atoms with van der Waals surface area (Å²) in [7, 11) is 5.03. The van der Waals surface area contributed by atoms with E-state index in [9.17, 15) is 0 Å². The van der Waals surface area contributed by atoms with Crippen LogP contribution in [0.4, 0.5) is 0 Å². The minimum atomic E-state index is 0.696. The zero-order chi connectivity index (χ0) is 18.4. The molecule has 1 aliphatic heterocycles. The first kappa shape index (κ1) is 19.1. The Hall–Kier alpha value is -1.72. The van der Waals surface area contributed by atoms with Crippen LogP contribution in [-0.2, 0) is 6.54 Å². The third-order valence-electron chi connectivity index (χ3n) is 5.85. The second-order valence-electron chi connectivity index (χ2n) is 7.52. The Labute approximate surface area is 157 Å². The lowest BCUT2D eigenvalue weighted by Gasteiger charge is -2.32. The van der Waals surface area contributed by atoms with Crippen molar-refractivity contribution in [3.05, 3.63) is 29.8 Å². The molecule has 0 bridgehead atoms. The van der Waals surface area contributed by atoms with E-state index in [4.69, 9.17) is 14.2 Å². The fraction of sp³-hybridized carbons (Fsp3) is 0.619. The monoisotopic (exact) mass is 362 g/mol. The second-order valence-corrected chi connectivity index (χ2v) is 7.52. The molecule has 2 aliphatic rings. The van der Waals surface area contributed by atoms with E-state index in [0.29, 0.717) is 5.75 Å². The van der Waals surface area contributed by atoms with Crippen LogP contribution in [0.2, 0.25) is 0 Å². The molecule has 0 unspecified atom stereocenters. The van der Waals surface area contributed by atoms with Gasteiger partial charge in [0.15, 0.2) is 11.5 Å². The van der Waals surface area contributed by atoms with Crippen LogP contribution in [-0.4, -0.2) is 54.1 Å². The molecule has 0 saturated carbocycles. The normalized spacial score (nSPS) is 25.7. The lowest BCUT2D eigenvalue weighted by Crippen LogP contribution is -3.27. The molecule has 1 saturated heterocycles. The van der Waals surface area contributed by atoms with Crippen molar-refractivity contribution in [2.24, 2.45) is 5.92 Å². The fourth-order valence-corrected chi connectivity index (χ4v) is 4.36. The molecular formula is C21H34N2O3+2. The summed E-state index contributed by atoms with van der Waals surface area (Å²) in [6.45, 7) is 7.29. The number of hydrogen-bond acceptors (Lipinski definition) is 3. The van der Waals surface area contributed by atoms with Crippen molar-refractivity contribution < 1.29 is 24.0 Å². The minimum absolute atomic E-state index is 0.696. The molecule has 1 aliphatic carbocycles. The van der Waals surface area contributed by atoms with Gasteiger partial charge in [-0.05, 0) is 31.4 Å². The maximum atomic E-state index is 5.64. The molecule has 5 heteroatoms. The van der Waals surface area contributed by atoms with Crippen molar-refractivity contribution in [3.8, 4) is 17.2 Å². The number of ether oxygens (including phenoxy) is 3. The lowest BCUT2D eigenvalue weighted by molar-refractivity contribution is -1.02. The van der Waals surface area contributed by atoms with Gasteiger partial charge in [-0.15, -0.1) is 0 Å². The standard InChI is InChI=1S/C21H32N2O3/c1-24-19-10-9-18(20(25-2)21(19)26-3)16-23-13-11-22(12-14-23)15-17-7-5-4-6-8-17/h4-5,9-10,17H,6-8,11-16H2,1-3H3/p+2/t17-/m1/s1. The van der Waals surface area contributed by atoms with E-state index in [2.05, 4.69) is 18.2 Å². The average molecular weight is 363 g/mol. The van der Waals surface area contributed by atoms with Crippen LogP contribution >= 0.6 is 0 Å². The van der Waals surface area contributed by atoms with Gasteiger partial charge >= 0.3 is 0 Å². The average Bonchev–Trinajstić information content (AvgIpc) is 2.69. The number of rotatable bonds is 7. The molecule has 5 nitrogen and oxygen atoms in total. The van der Waals surface area contributed by atoms with E-state index in [1.54, 1.807) is 31.1 Å². The summed E-state index contributed by atoms with van der Waals surface area (Å²) in [5.41, 5.74) is 1.20. The topological polar surface area (TPSA) is 36.6 Å². The Morgan fingerprint density at radius 2 is 1.62 bits per heavy atom. The summed E-state index contributed by atoms with van der Waals surface area (Å²) in [6.07, 6.45) is 8.64. The maximum Gasteiger partial charge on any atom is 0.203 e. The van der Waals surface area contributed by atoms with Gasteiger partial charge in [0, 0.05) is 5.92 Å². The highest BCUT2D eigenvalue weighted by Gasteiger charge is 2.27. The Kier molecular flexibility index (Phi) is 6.80. The van der Waals surface area contributed by atoms with Crippen molar-refractivity contribution in [2.45, 2.75) is 25.8 Å². The van der Waals surface area contributed by atoms with Gasteiger partial charge in [0.1, 0.15) is 32.7 Å². The third-order valence-corrected chi connectivity index (χ3v) is 5.85. The molecule has 0 spiro atoms. The zero-order valence-electron chi connectivity index (χ0n) is 16.5. The van der Waals surface area contributed by atoms with E-state index in [-0.39, 0.29) is 0 Å². The molecule has 0 aromatic heterocycles. The van der Waals surface area contributed by atoms with Gasteiger partial charge in [0.05, 0.1) is 33.4 Å². The van der Waals surface area contributed by atoms with Gasteiger partial charge in [-0.1, -0.05) is 12.2 Å². The van der Waals surface area contributed by atoms with Crippen molar-refractivity contribution in [3.63, 3.8) is 0 Å². The number of benzene rings is 1.